The van der Waals surface area contributed by atoms with Gasteiger partial charge in [-0.05, 0) is 31.0 Å². The number of rotatable bonds is 0. The van der Waals surface area contributed by atoms with Crippen LogP contribution in [0.15, 0.2) is 12.1 Å². The predicted octanol–water partition coefficient (Wildman–Crippen LogP) is 3.14. The molecular formula is C12H15Cl3N2. The van der Waals surface area contributed by atoms with Crippen LogP contribution in [-0.4, -0.2) is 25.2 Å². The first-order chi connectivity index (χ1) is 7.66. The van der Waals surface area contributed by atoms with E-state index < -0.39 is 0 Å². The van der Waals surface area contributed by atoms with Crippen molar-refractivity contribution in [3.63, 3.8) is 0 Å². The molecule has 0 aromatic heterocycles. The smallest absolute Gasteiger partial charge is 0.0474 e. The van der Waals surface area contributed by atoms with Crippen LogP contribution >= 0.6 is 35.6 Å². The van der Waals surface area contributed by atoms with Crippen LogP contribution in [0.2, 0.25) is 10.0 Å². The average molecular weight is 294 g/mol. The maximum absolute atomic E-state index is 6.26. The molecule has 0 aliphatic carbocycles. The molecule has 1 fully saturated rings. The number of piperazine rings is 1. The van der Waals surface area contributed by atoms with Crippen LogP contribution in [0.4, 0.5) is 5.69 Å². The number of nitrogens with one attached hydrogen (secondary N) is 1. The highest BCUT2D eigenvalue weighted by Crippen LogP contribution is 2.40. The van der Waals surface area contributed by atoms with Gasteiger partial charge in [-0.1, -0.05) is 23.2 Å². The van der Waals surface area contributed by atoms with Gasteiger partial charge in [-0.25, -0.2) is 0 Å². The van der Waals surface area contributed by atoms with Gasteiger partial charge in [-0.3, -0.25) is 0 Å². The van der Waals surface area contributed by atoms with Crippen molar-refractivity contribution in [1.82, 2.24) is 5.32 Å². The first-order valence-electron chi connectivity index (χ1n) is 5.64. The Bertz CT molecular complexity index is 436. The molecule has 2 nitrogen and oxygen atoms in total. The third kappa shape index (κ3) is 2.12. The maximum Gasteiger partial charge on any atom is 0.0474 e. The van der Waals surface area contributed by atoms with E-state index in [0.717, 1.165) is 29.6 Å². The molecule has 0 amide bonds. The largest absolute Gasteiger partial charge is 0.363 e. The van der Waals surface area contributed by atoms with E-state index in [1.807, 2.05) is 12.1 Å². The molecule has 3 rings (SSSR count). The van der Waals surface area contributed by atoms with E-state index in [1.54, 1.807) is 0 Å². The van der Waals surface area contributed by atoms with Gasteiger partial charge in [0.25, 0.3) is 0 Å². The van der Waals surface area contributed by atoms with E-state index in [9.17, 15) is 0 Å². The summed E-state index contributed by atoms with van der Waals surface area (Å²) in [7, 11) is 0. The van der Waals surface area contributed by atoms with Crippen LogP contribution in [-0.2, 0) is 6.42 Å². The molecular weight excluding hydrogens is 279 g/mol. The fourth-order valence-electron chi connectivity index (χ4n) is 2.88. The Balaban J connectivity index is 0.00000108. The Morgan fingerprint density at radius 2 is 2.06 bits per heavy atom. The Morgan fingerprint density at radius 1 is 1.29 bits per heavy atom. The molecule has 2 aliphatic rings. The Hall–Kier alpha value is -0.150. The summed E-state index contributed by atoms with van der Waals surface area (Å²) >= 11 is 12.3. The SMILES string of the molecule is C[C@@H]1CNC[C@@H]2Cc3c(Cl)cc(Cl)cc3N21.Cl. The minimum absolute atomic E-state index is 0. The van der Waals surface area contributed by atoms with Crippen molar-refractivity contribution in [1.29, 1.82) is 0 Å². The highest BCUT2D eigenvalue weighted by molar-refractivity contribution is 6.35. The van der Waals surface area contributed by atoms with E-state index >= 15 is 0 Å². The van der Waals surface area contributed by atoms with Gasteiger partial charge in [0.15, 0.2) is 0 Å². The number of halogens is 3. The lowest BCUT2D eigenvalue weighted by atomic mass is 10.1. The third-order valence-corrected chi connectivity index (χ3v) is 4.10. The minimum Gasteiger partial charge on any atom is -0.363 e. The van der Waals surface area contributed by atoms with Gasteiger partial charge in [0.2, 0.25) is 0 Å². The standard InChI is InChI=1S/C12H14Cl2N2.ClH/c1-7-5-15-6-9-4-10-11(14)2-8(13)3-12(10)16(7)9;/h2-3,7,9,15H,4-6H2,1H3;1H/t7-,9+;/m1./s1. The summed E-state index contributed by atoms with van der Waals surface area (Å²) in [4.78, 5) is 2.46. The average Bonchev–Trinajstić information content (AvgIpc) is 2.58. The number of hydrogen-bond acceptors (Lipinski definition) is 2. The summed E-state index contributed by atoms with van der Waals surface area (Å²) < 4.78 is 0. The normalized spacial score (nSPS) is 26.2. The van der Waals surface area contributed by atoms with E-state index in [4.69, 9.17) is 23.2 Å². The zero-order valence-corrected chi connectivity index (χ0v) is 11.9. The summed E-state index contributed by atoms with van der Waals surface area (Å²) in [6.45, 7) is 4.30. The summed E-state index contributed by atoms with van der Waals surface area (Å²) in [5.74, 6) is 0. The molecule has 2 aliphatic heterocycles. The topological polar surface area (TPSA) is 15.3 Å². The van der Waals surface area contributed by atoms with Crippen molar-refractivity contribution in [3.8, 4) is 0 Å². The van der Waals surface area contributed by atoms with Crippen molar-refractivity contribution in [3.05, 3.63) is 27.7 Å². The summed E-state index contributed by atoms with van der Waals surface area (Å²) in [6.07, 6.45) is 1.03. The van der Waals surface area contributed by atoms with Crippen LogP contribution < -0.4 is 10.2 Å². The molecule has 5 heteroatoms. The number of benzene rings is 1. The first-order valence-corrected chi connectivity index (χ1v) is 6.39. The number of anilines is 1. The van der Waals surface area contributed by atoms with Gasteiger partial charge < -0.3 is 10.2 Å². The van der Waals surface area contributed by atoms with E-state index in [0.29, 0.717) is 12.1 Å². The predicted molar refractivity (Wildman–Crippen MR) is 76.0 cm³/mol. The van der Waals surface area contributed by atoms with Crippen LogP contribution in [0.5, 0.6) is 0 Å². The molecule has 1 N–H and O–H groups in total. The lowest BCUT2D eigenvalue weighted by Crippen LogP contribution is -2.54. The molecule has 17 heavy (non-hydrogen) atoms. The van der Waals surface area contributed by atoms with E-state index in [1.165, 1.54) is 11.3 Å². The molecule has 2 atom stereocenters. The monoisotopic (exact) mass is 292 g/mol. The molecule has 0 spiro atoms. The Morgan fingerprint density at radius 3 is 2.82 bits per heavy atom. The zero-order valence-electron chi connectivity index (χ0n) is 9.54. The van der Waals surface area contributed by atoms with Gasteiger partial charge in [0, 0.05) is 40.9 Å². The number of nitrogens with zero attached hydrogens (tertiary/aromatic N) is 1. The fraction of sp³-hybridized carbons (Fsp3) is 0.500. The van der Waals surface area contributed by atoms with Gasteiger partial charge in [-0.2, -0.15) is 0 Å². The summed E-state index contributed by atoms with van der Waals surface area (Å²) in [6, 6.07) is 4.94. The van der Waals surface area contributed by atoms with Crippen molar-refractivity contribution >= 4 is 41.3 Å². The van der Waals surface area contributed by atoms with Gasteiger partial charge in [0.05, 0.1) is 0 Å². The highest BCUT2D eigenvalue weighted by atomic mass is 35.5. The maximum atomic E-state index is 6.26. The quantitative estimate of drug-likeness (QED) is 0.790. The van der Waals surface area contributed by atoms with Crippen molar-refractivity contribution in [2.45, 2.75) is 25.4 Å². The third-order valence-electron chi connectivity index (χ3n) is 3.54. The second kappa shape index (κ2) is 4.85. The second-order valence-electron chi connectivity index (χ2n) is 4.66. The number of hydrogen-bond donors (Lipinski definition) is 1. The number of fused-ring (bicyclic) bond motifs is 3. The minimum atomic E-state index is 0. The lowest BCUT2D eigenvalue weighted by Gasteiger charge is -2.38. The van der Waals surface area contributed by atoms with Gasteiger partial charge in [-0.15, -0.1) is 12.4 Å². The van der Waals surface area contributed by atoms with Crippen LogP contribution in [0.1, 0.15) is 12.5 Å². The molecule has 1 aromatic rings. The Kier molecular flexibility index (Phi) is 3.79. The van der Waals surface area contributed by atoms with Crippen LogP contribution in [0, 0.1) is 0 Å². The molecule has 1 saturated heterocycles. The summed E-state index contributed by atoms with van der Waals surface area (Å²) in [5, 5.41) is 5.00. The molecule has 0 saturated carbocycles. The molecule has 0 radical (unpaired) electrons. The Labute approximate surface area is 118 Å². The van der Waals surface area contributed by atoms with Crippen molar-refractivity contribution in [2.75, 3.05) is 18.0 Å². The van der Waals surface area contributed by atoms with E-state index in [2.05, 4.69) is 17.1 Å². The van der Waals surface area contributed by atoms with Crippen molar-refractivity contribution < 1.29 is 0 Å². The van der Waals surface area contributed by atoms with Gasteiger partial charge >= 0.3 is 0 Å². The molecule has 0 bridgehead atoms. The highest BCUT2D eigenvalue weighted by Gasteiger charge is 2.36. The van der Waals surface area contributed by atoms with Crippen LogP contribution in [0.25, 0.3) is 0 Å². The molecule has 1 aromatic carbocycles. The van der Waals surface area contributed by atoms with Crippen molar-refractivity contribution in [2.24, 2.45) is 0 Å². The van der Waals surface area contributed by atoms with Crippen LogP contribution in [0.3, 0.4) is 0 Å². The summed E-state index contributed by atoms with van der Waals surface area (Å²) in [5.41, 5.74) is 2.49. The lowest BCUT2D eigenvalue weighted by molar-refractivity contribution is 0.430. The fourth-order valence-corrected chi connectivity index (χ4v) is 3.44. The molecule has 94 valence electrons. The molecule has 2 heterocycles. The van der Waals surface area contributed by atoms with E-state index in [-0.39, 0.29) is 12.4 Å². The molecule has 0 unspecified atom stereocenters. The van der Waals surface area contributed by atoms with Gasteiger partial charge in [0.1, 0.15) is 0 Å². The second-order valence-corrected chi connectivity index (χ2v) is 5.50. The zero-order chi connectivity index (χ0) is 11.3. The first kappa shape index (κ1) is 13.3.